The summed E-state index contributed by atoms with van der Waals surface area (Å²) in [5, 5.41) is 7.24. The van der Waals surface area contributed by atoms with Gasteiger partial charge in [0.15, 0.2) is 22.3 Å². The van der Waals surface area contributed by atoms with Crippen LogP contribution in [0.4, 0.5) is 5.69 Å². The highest BCUT2D eigenvalue weighted by molar-refractivity contribution is 7.80. The molecular formula is C30H33N3O3S. The highest BCUT2D eigenvalue weighted by atomic mass is 32.1. The molecule has 5 rings (SSSR count). The van der Waals surface area contributed by atoms with E-state index in [0.29, 0.717) is 29.8 Å². The number of thiocarbonyl (C=S) groups is 1. The molecule has 2 N–H and O–H groups in total. The fourth-order valence-corrected chi connectivity index (χ4v) is 5.88. The van der Waals surface area contributed by atoms with Crippen molar-refractivity contribution in [3.8, 4) is 11.5 Å². The van der Waals surface area contributed by atoms with Gasteiger partial charge in [-0.1, -0.05) is 60.2 Å². The van der Waals surface area contributed by atoms with Crippen molar-refractivity contribution in [2.45, 2.75) is 45.9 Å². The van der Waals surface area contributed by atoms with Crippen molar-refractivity contribution < 1.29 is 14.3 Å². The molecule has 0 radical (unpaired) electrons. The first-order valence-electron chi connectivity index (χ1n) is 12.8. The van der Waals surface area contributed by atoms with Gasteiger partial charge in [-0.05, 0) is 69.6 Å². The van der Waals surface area contributed by atoms with E-state index >= 15 is 0 Å². The lowest BCUT2D eigenvalue weighted by molar-refractivity contribution is -0.149. The number of rotatable bonds is 7. The maximum atomic E-state index is 14.0. The molecule has 0 saturated carbocycles. The van der Waals surface area contributed by atoms with Crippen LogP contribution in [0, 0.1) is 19.8 Å². The van der Waals surface area contributed by atoms with Crippen molar-refractivity contribution >= 4 is 28.9 Å². The van der Waals surface area contributed by atoms with E-state index in [1.54, 1.807) is 0 Å². The number of carbonyl (C=O) groups excluding carboxylic acids is 1. The molecular weight excluding hydrogens is 482 g/mol. The third-order valence-electron chi connectivity index (χ3n) is 7.31. The first-order chi connectivity index (χ1) is 17.8. The molecule has 2 heterocycles. The summed E-state index contributed by atoms with van der Waals surface area (Å²) in [5.74, 6) is 0.640. The van der Waals surface area contributed by atoms with Crippen LogP contribution in [0.3, 0.4) is 0 Å². The zero-order valence-electron chi connectivity index (χ0n) is 21.7. The van der Waals surface area contributed by atoms with Gasteiger partial charge < -0.3 is 25.0 Å². The smallest absolute Gasteiger partial charge is 0.236 e. The van der Waals surface area contributed by atoms with Crippen LogP contribution in [0.2, 0.25) is 0 Å². The second-order valence-corrected chi connectivity index (χ2v) is 10.3. The Morgan fingerprint density at radius 3 is 2.65 bits per heavy atom. The summed E-state index contributed by atoms with van der Waals surface area (Å²) < 4.78 is 12.7. The van der Waals surface area contributed by atoms with E-state index in [9.17, 15) is 4.79 Å². The van der Waals surface area contributed by atoms with E-state index in [0.717, 1.165) is 28.8 Å². The van der Waals surface area contributed by atoms with Gasteiger partial charge in [0, 0.05) is 17.8 Å². The Morgan fingerprint density at radius 1 is 1.14 bits per heavy atom. The van der Waals surface area contributed by atoms with E-state index in [-0.39, 0.29) is 11.9 Å². The Bertz CT molecular complexity index is 1330. The van der Waals surface area contributed by atoms with Crippen LogP contribution in [0.5, 0.6) is 11.5 Å². The number of aryl methyl sites for hydroxylation is 2. The molecule has 192 valence electrons. The largest absolute Gasteiger partial charge is 0.490 e. The number of ether oxygens (including phenoxy) is 2. The maximum Gasteiger partial charge on any atom is 0.236 e. The first kappa shape index (κ1) is 25.1. The quantitative estimate of drug-likeness (QED) is 0.403. The Kier molecular flexibility index (Phi) is 6.82. The van der Waals surface area contributed by atoms with Crippen LogP contribution < -0.4 is 20.1 Å². The molecule has 0 aliphatic carbocycles. The monoisotopic (exact) mass is 515 g/mol. The lowest BCUT2D eigenvalue weighted by atomic mass is 9.78. The Balaban J connectivity index is 1.55. The van der Waals surface area contributed by atoms with Crippen molar-refractivity contribution in [3.63, 3.8) is 0 Å². The second-order valence-electron chi connectivity index (χ2n) is 9.86. The number of nitrogens with one attached hydrogen (secondary N) is 2. The number of nitrogens with zero attached hydrogens (tertiary/aromatic N) is 1. The van der Waals surface area contributed by atoms with Crippen molar-refractivity contribution in [1.29, 1.82) is 0 Å². The minimum atomic E-state index is -1.02. The van der Waals surface area contributed by atoms with E-state index in [1.165, 1.54) is 5.56 Å². The lowest BCUT2D eigenvalue weighted by Crippen LogP contribution is -2.71. The van der Waals surface area contributed by atoms with Crippen LogP contribution in [0.15, 0.2) is 66.7 Å². The van der Waals surface area contributed by atoms with Gasteiger partial charge in [0.25, 0.3) is 0 Å². The molecule has 37 heavy (non-hydrogen) atoms. The zero-order chi connectivity index (χ0) is 26.2. The minimum absolute atomic E-state index is 0.119. The third-order valence-corrected chi connectivity index (χ3v) is 7.65. The van der Waals surface area contributed by atoms with Crippen LogP contribution in [0.25, 0.3) is 0 Å². The molecule has 2 bridgehead atoms. The third kappa shape index (κ3) is 4.64. The van der Waals surface area contributed by atoms with E-state index in [2.05, 4.69) is 28.8 Å². The summed E-state index contributed by atoms with van der Waals surface area (Å²) in [6, 6.07) is 21.7. The van der Waals surface area contributed by atoms with Crippen LogP contribution in [-0.2, 0) is 11.2 Å². The zero-order valence-corrected chi connectivity index (χ0v) is 22.5. The minimum Gasteiger partial charge on any atom is -0.490 e. The number of hydrogen-bond acceptors (Lipinski definition) is 4. The Morgan fingerprint density at radius 2 is 1.92 bits per heavy atom. The SMILES string of the molecule is CCOc1cccc2c1O[C@]1(C)[C@H](C(=O)Nc3ccc(C)cc3C)[C@@H]2NC(=S)N1CCc1ccccc1. The lowest BCUT2D eigenvalue weighted by Gasteiger charge is -2.56. The molecule has 6 nitrogen and oxygen atoms in total. The second kappa shape index (κ2) is 10.1. The summed E-state index contributed by atoms with van der Waals surface area (Å²) in [6.45, 7) is 9.08. The summed E-state index contributed by atoms with van der Waals surface area (Å²) in [7, 11) is 0. The molecule has 0 unspecified atom stereocenters. The van der Waals surface area contributed by atoms with Crippen LogP contribution in [0.1, 0.15) is 42.1 Å². The summed E-state index contributed by atoms with van der Waals surface area (Å²) in [4.78, 5) is 16.1. The molecule has 3 atom stereocenters. The van der Waals surface area contributed by atoms with E-state index in [4.69, 9.17) is 21.7 Å². The van der Waals surface area contributed by atoms with Crippen LogP contribution in [-0.4, -0.2) is 34.8 Å². The molecule has 3 aromatic rings. The number of hydrogen-bond donors (Lipinski definition) is 2. The molecule has 2 aliphatic rings. The predicted molar refractivity (Wildman–Crippen MR) is 150 cm³/mol. The molecule has 7 heteroatoms. The van der Waals surface area contributed by atoms with Crippen molar-refractivity contribution in [2.24, 2.45) is 5.92 Å². The summed E-state index contributed by atoms with van der Waals surface area (Å²) >= 11 is 5.86. The van der Waals surface area contributed by atoms with Gasteiger partial charge in [-0.2, -0.15) is 0 Å². The fourth-order valence-electron chi connectivity index (χ4n) is 5.48. The standard InChI is InChI=1S/C30H33N3O3S/c1-5-35-24-13-9-12-22-26-25(28(34)31-23-15-14-19(2)18-20(23)3)30(4,36-27(22)24)33(29(37)32-26)17-16-21-10-7-6-8-11-21/h6-15,18,25-26H,5,16-17H2,1-4H3,(H,31,34)(H,32,37)/t25-,26+,30+/m0/s1. The first-order valence-corrected chi connectivity index (χ1v) is 13.2. The Labute approximate surface area is 224 Å². The van der Waals surface area contributed by atoms with Gasteiger partial charge in [0.2, 0.25) is 5.91 Å². The molecule has 0 spiro atoms. The molecule has 1 fully saturated rings. The summed E-state index contributed by atoms with van der Waals surface area (Å²) in [6.07, 6.45) is 0.762. The van der Waals surface area contributed by atoms with Gasteiger partial charge in [-0.25, -0.2) is 0 Å². The number of fused-ring (bicyclic) bond motifs is 4. The maximum absolute atomic E-state index is 14.0. The van der Waals surface area contributed by atoms with Gasteiger partial charge in [0.05, 0.1) is 12.6 Å². The highest BCUT2D eigenvalue weighted by Crippen LogP contribution is 2.51. The fraction of sp³-hybridized carbons (Fsp3) is 0.333. The van der Waals surface area contributed by atoms with E-state index < -0.39 is 11.6 Å². The number of para-hydroxylation sites is 1. The normalized spacial score (nSPS) is 21.9. The Hall–Kier alpha value is -3.58. The van der Waals surface area contributed by atoms with Gasteiger partial charge in [0.1, 0.15) is 5.92 Å². The molecule has 1 amide bonds. The molecule has 1 saturated heterocycles. The number of carbonyl (C=O) groups is 1. The topological polar surface area (TPSA) is 62.8 Å². The van der Waals surface area contributed by atoms with Crippen molar-refractivity contribution in [2.75, 3.05) is 18.5 Å². The molecule has 0 aromatic heterocycles. The van der Waals surface area contributed by atoms with Gasteiger partial charge in [-0.3, -0.25) is 4.79 Å². The molecule has 3 aromatic carbocycles. The highest BCUT2D eigenvalue weighted by Gasteiger charge is 2.59. The predicted octanol–water partition coefficient (Wildman–Crippen LogP) is 5.54. The van der Waals surface area contributed by atoms with E-state index in [1.807, 2.05) is 81.1 Å². The van der Waals surface area contributed by atoms with Gasteiger partial charge in [-0.15, -0.1) is 0 Å². The number of benzene rings is 3. The average Bonchev–Trinajstić information content (AvgIpc) is 2.86. The van der Waals surface area contributed by atoms with Crippen LogP contribution >= 0.6 is 12.2 Å². The van der Waals surface area contributed by atoms with Crippen molar-refractivity contribution in [3.05, 3.63) is 89.0 Å². The van der Waals surface area contributed by atoms with Gasteiger partial charge >= 0.3 is 0 Å². The molecule has 2 aliphatic heterocycles. The number of amides is 1. The summed E-state index contributed by atoms with van der Waals surface area (Å²) in [5.41, 5.74) is 4.00. The average molecular weight is 516 g/mol. The van der Waals surface area contributed by atoms with Crippen molar-refractivity contribution in [1.82, 2.24) is 10.2 Å². The number of anilines is 1.